The number of hydrogen-bond donors (Lipinski definition) is 1. The summed E-state index contributed by atoms with van der Waals surface area (Å²) >= 11 is 0. The van der Waals surface area contributed by atoms with Crippen molar-refractivity contribution in [1.29, 1.82) is 0 Å². The SMILES string of the molecule is CC(C)Cc1ccccc1.CC(C)N.CC(C)Oc1ccccc1.CCCC(C)C. The number of para-hydroxylation sites is 1. The van der Waals surface area contributed by atoms with Crippen molar-refractivity contribution in [3.8, 4) is 5.75 Å². The summed E-state index contributed by atoms with van der Waals surface area (Å²) in [5.74, 6) is 2.61. The van der Waals surface area contributed by atoms with Gasteiger partial charge in [0.05, 0.1) is 6.10 Å². The molecule has 172 valence electrons. The van der Waals surface area contributed by atoms with Crippen LogP contribution in [-0.4, -0.2) is 12.1 Å². The molecular formula is C28H49NO. The molecule has 0 aliphatic rings. The lowest BCUT2D eigenvalue weighted by Gasteiger charge is -2.07. The Morgan fingerprint density at radius 3 is 1.43 bits per heavy atom. The van der Waals surface area contributed by atoms with E-state index >= 15 is 0 Å². The van der Waals surface area contributed by atoms with Crippen molar-refractivity contribution in [2.24, 2.45) is 17.6 Å². The molecule has 0 saturated heterocycles. The normalized spacial score (nSPS) is 9.93. The van der Waals surface area contributed by atoms with Crippen molar-refractivity contribution in [3.63, 3.8) is 0 Å². The molecule has 0 radical (unpaired) electrons. The Balaban J connectivity index is 0. The van der Waals surface area contributed by atoms with Crippen LogP contribution in [-0.2, 0) is 6.42 Å². The highest BCUT2D eigenvalue weighted by molar-refractivity contribution is 5.21. The highest BCUT2D eigenvalue weighted by atomic mass is 16.5. The molecule has 0 heterocycles. The Kier molecular flexibility index (Phi) is 20.7. The van der Waals surface area contributed by atoms with Crippen LogP contribution in [0.25, 0.3) is 0 Å². The molecule has 30 heavy (non-hydrogen) atoms. The largest absolute Gasteiger partial charge is 0.491 e. The summed E-state index contributed by atoms with van der Waals surface area (Å²) in [6.45, 7) is 19.1. The van der Waals surface area contributed by atoms with Gasteiger partial charge in [0, 0.05) is 0 Å². The molecule has 0 aliphatic carbocycles. The van der Waals surface area contributed by atoms with Gasteiger partial charge in [-0.1, -0.05) is 110 Å². The lowest BCUT2D eigenvalue weighted by atomic mass is 10.0. The van der Waals surface area contributed by atoms with Crippen LogP contribution in [0.3, 0.4) is 0 Å². The fourth-order valence-electron chi connectivity index (χ4n) is 2.43. The second-order valence-corrected chi connectivity index (χ2v) is 8.99. The number of benzene rings is 2. The summed E-state index contributed by atoms with van der Waals surface area (Å²) in [6, 6.07) is 20.8. The summed E-state index contributed by atoms with van der Waals surface area (Å²) in [5.41, 5.74) is 6.55. The third-order valence-electron chi connectivity index (χ3n) is 3.47. The standard InChI is InChI=1S/C10H14.C9H12O.C6H14.C3H9N/c1-9(2)8-10-6-4-3-5-7-10;1-8(2)10-9-6-4-3-5-7-9;1-4-5-6(2)3;1-3(2)4/h3-7,9H,8H2,1-2H3;3-8H,1-2H3;6H,4-5H2,1-3H3;3H,4H2,1-2H3. The van der Waals surface area contributed by atoms with E-state index < -0.39 is 0 Å². The summed E-state index contributed by atoms with van der Waals surface area (Å²) in [5, 5.41) is 0. The van der Waals surface area contributed by atoms with Crippen LogP contribution >= 0.6 is 0 Å². The van der Waals surface area contributed by atoms with Crippen LogP contribution in [0.5, 0.6) is 5.75 Å². The van der Waals surface area contributed by atoms with Crippen LogP contribution in [0.4, 0.5) is 0 Å². The van der Waals surface area contributed by atoms with Crippen molar-refractivity contribution < 1.29 is 4.74 Å². The van der Waals surface area contributed by atoms with Gasteiger partial charge in [-0.25, -0.2) is 0 Å². The molecule has 2 heteroatoms. The van der Waals surface area contributed by atoms with Gasteiger partial charge in [-0.05, 0) is 55.8 Å². The fraction of sp³-hybridized carbons (Fsp3) is 0.571. The van der Waals surface area contributed by atoms with E-state index in [9.17, 15) is 0 Å². The van der Waals surface area contributed by atoms with Crippen LogP contribution in [0, 0.1) is 11.8 Å². The van der Waals surface area contributed by atoms with Crippen molar-refractivity contribution >= 4 is 0 Å². The lowest BCUT2D eigenvalue weighted by Crippen LogP contribution is -2.06. The van der Waals surface area contributed by atoms with E-state index in [1.807, 2.05) is 58.0 Å². The summed E-state index contributed by atoms with van der Waals surface area (Å²) in [4.78, 5) is 0. The van der Waals surface area contributed by atoms with Crippen molar-refractivity contribution in [2.75, 3.05) is 0 Å². The molecule has 0 aromatic heterocycles. The molecule has 2 aromatic rings. The van der Waals surface area contributed by atoms with Gasteiger partial charge in [-0.2, -0.15) is 0 Å². The summed E-state index contributed by atoms with van der Waals surface area (Å²) in [7, 11) is 0. The van der Waals surface area contributed by atoms with E-state index in [4.69, 9.17) is 10.5 Å². The Bertz CT molecular complexity index is 513. The highest BCUT2D eigenvalue weighted by Gasteiger charge is 1.94. The maximum absolute atomic E-state index is 5.41. The maximum atomic E-state index is 5.41. The van der Waals surface area contributed by atoms with Gasteiger partial charge >= 0.3 is 0 Å². The van der Waals surface area contributed by atoms with Gasteiger partial charge in [0.2, 0.25) is 0 Å². The van der Waals surface area contributed by atoms with Gasteiger partial charge < -0.3 is 10.5 Å². The first-order chi connectivity index (χ1) is 14.1. The number of hydrogen-bond acceptors (Lipinski definition) is 2. The first-order valence-corrected chi connectivity index (χ1v) is 11.6. The topological polar surface area (TPSA) is 35.2 Å². The summed E-state index contributed by atoms with van der Waals surface area (Å²) < 4.78 is 5.41. The molecule has 0 aliphatic heterocycles. The van der Waals surface area contributed by atoms with E-state index in [-0.39, 0.29) is 6.10 Å². The first-order valence-electron chi connectivity index (χ1n) is 11.6. The second kappa shape index (κ2) is 20.5. The van der Waals surface area contributed by atoms with Crippen LogP contribution in [0.1, 0.15) is 80.7 Å². The number of nitrogens with two attached hydrogens (primary N) is 1. The predicted octanol–water partition coefficient (Wildman–Crippen LogP) is 8.15. The van der Waals surface area contributed by atoms with Gasteiger partial charge in [-0.15, -0.1) is 0 Å². The molecule has 2 N–H and O–H groups in total. The Morgan fingerprint density at radius 2 is 1.13 bits per heavy atom. The molecule has 0 amide bonds. The molecule has 2 rings (SSSR count). The highest BCUT2D eigenvalue weighted by Crippen LogP contribution is 2.09. The number of ether oxygens (including phenoxy) is 1. The third kappa shape index (κ3) is 26.2. The van der Waals surface area contributed by atoms with Crippen LogP contribution in [0.15, 0.2) is 60.7 Å². The number of rotatable bonds is 6. The minimum atomic E-state index is 0.266. The zero-order chi connectivity index (χ0) is 23.4. The van der Waals surface area contributed by atoms with E-state index in [0.717, 1.165) is 17.6 Å². The molecule has 0 atom stereocenters. The Hall–Kier alpha value is -1.80. The molecule has 2 aromatic carbocycles. The van der Waals surface area contributed by atoms with Crippen molar-refractivity contribution in [3.05, 3.63) is 66.2 Å². The van der Waals surface area contributed by atoms with E-state index in [0.29, 0.717) is 6.04 Å². The average Bonchev–Trinajstić information content (AvgIpc) is 2.63. The predicted molar refractivity (Wildman–Crippen MR) is 136 cm³/mol. The van der Waals surface area contributed by atoms with Gasteiger partial charge in [0.15, 0.2) is 0 Å². The smallest absolute Gasteiger partial charge is 0.119 e. The Morgan fingerprint density at radius 1 is 0.700 bits per heavy atom. The molecule has 0 fully saturated rings. The minimum absolute atomic E-state index is 0.266. The molecule has 0 bridgehead atoms. The fourth-order valence-corrected chi connectivity index (χ4v) is 2.43. The molecule has 0 unspecified atom stereocenters. The first kappa shape index (κ1) is 30.4. The zero-order valence-corrected chi connectivity index (χ0v) is 21.2. The average molecular weight is 416 g/mol. The third-order valence-corrected chi connectivity index (χ3v) is 3.47. The zero-order valence-electron chi connectivity index (χ0n) is 21.2. The van der Waals surface area contributed by atoms with Crippen molar-refractivity contribution in [2.45, 2.75) is 93.7 Å². The van der Waals surface area contributed by atoms with Gasteiger partial charge in [0.1, 0.15) is 5.75 Å². The molecular weight excluding hydrogens is 366 g/mol. The van der Waals surface area contributed by atoms with E-state index in [1.165, 1.54) is 24.8 Å². The van der Waals surface area contributed by atoms with E-state index in [1.54, 1.807) is 0 Å². The molecule has 0 spiro atoms. The van der Waals surface area contributed by atoms with E-state index in [2.05, 4.69) is 65.0 Å². The second-order valence-electron chi connectivity index (χ2n) is 8.99. The Labute approximate surface area is 188 Å². The van der Waals surface area contributed by atoms with Crippen molar-refractivity contribution in [1.82, 2.24) is 0 Å². The maximum Gasteiger partial charge on any atom is 0.119 e. The minimum Gasteiger partial charge on any atom is -0.491 e. The van der Waals surface area contributed by atoms with Crippen LogP contribution < -0.4 is 10.5 Å². The quantitative estimate of drug-likeness (QED) is 0.516. The lowest BCUT2D eigenvalue weighted by molar-refractivity contribution is 0.242. The van der Waals surface area contributed by atoms with Gasteiger partial charge in [0.25, 0.3) is 0 Å². The summed E-state index contributed by atoms with van der Waals surface area (Å²) in [6.07, 6.45) is 4.17. The molecule has 2 nitrogen and oxygen atoms in total. The molecule has 0 saturated carbocycles. The monoisotopic (exact) mass is 415 g/mol. The van der Waals surface area contributed by atoms with Crippen LogP contribution in [0.2, 0.25) is 0 Å². The van der Waals surface area contributed by atoms with Gasteiger partial charge in [-0.3, -0.25) is 0 Å².